The van der Waals surface area contributed by atoms with Gasteiger partial charge in [0.05, 0.1) is 16.8 Å². The van der Waals surface area contributed by atoms with Gasteiger partial charge in [-0.1, -0.05) is 78.1 Å². The Balaban J connectivity index is 1.49. The Bertz CT molecular complexity index is 1320. The van der Waals surface area contributed by atoms with Crippen molar-refractivity contribution in [2.24, 2.45) is 0 Å². The van der Waals surface area contributed by atoms with Gasteiger partial charge in [-0.3, -0.25) is 9.69 Å². The lowest BCUT2D eigenvalue weighted by Crippen LogP contribution is -2.30. The lowest BCUT2D eigenvalue weighted by atomic mass is 10.1. The third-order valence-electron chi connectivity index (χ3n) is 5.00. The summed E-state index contributed by atoms with van der Waals surface area (Å²) in [5.74, 6) is 1.22. The molecule has 0 unspecified atom stereocenters. The van der Waals surface area contributed by atoms with E-state index in [9.17, 15) is 4.79 Å². The molecule has 4 aromatic carbocycles. The minimum atomic E-state index is -0.119. The number of para-hydroxylation sites is 2. The number of carbonyl (C=O) groups is 1. The van der Waals surface area contributed by atoms with Crippen molar-refractivity contribution < 1.29 is 9.53 Å². The van der Waals surface area contributed by atoms with Gasteiger partial charge in [0.1, 0.15) is 11.5 Å². The van der Waals surface area contributed by atoms with Gasteiger partial charge in [-0.25, -0.2) is 4.98 Å². The average molecular weight is 437 g/mol. The lowest BCUT2D eigenvalue weighted by Gasteiger charge is -2.20. The molecule has 0 saturated heterocycles. The topological polar surface area (TPSA) is 42.4 Å². The number of nitrogens with zero attached hydrogens (tertiary/aromatic N) is 2. The van der Waals surface area contributed by atoms with Crippen molar-refractivity contribution in [2.75, 3.05) is 4.90 Å². The SMILES string of the molecule is O=C(c1cccc(Oc2ccccc2)c1)N(Cc1ccccc1)c1nc2ccccc2s1. The summed E-state index contributed by atoms with van der Waals surface area (Å²) in [6, 6.07) is 34.7. The minimum Gasteiger partial charge on any atom is -0.457 e. The summed E-state index contributed by atoms with van der Waals surface area (Å²) < 4.78 is 6.99. The Morgan fingerprint density at radius 2 is 1.47 bits per heavy atom. The molecule has 5 heteroatoms. The predicted octanol–water partition coefficient (Wildman–Crippen LogP) is 6.94. The largest absolute Gasteiger partial charge is 0.457 e. The Hall–Kier alpha value is -3.96. The molecule has 5 aromatic rings. The molecule has 0 radical (unpaired) electrons. The van der Waals surface area contributed by atoms with Gasteiger partial charge in [-0.05, 0) is 48.0 Å². The summed E-state index contributed by atoms with van der Waals surface area (Å²) in [5, 5.41) is 0.675. The Labute approximate surface area is 190 Å². The van der Waals surface area contributed by atoms with E-state index in [1.54, 1.807) is 11.0 Å². The summed E-state index contributed by atoms with van der Waals surface area (Å²) in [6.07, 6.45) is 0. The highest BCUT2D eigenvalue weighted by molar-refractivity contribution is 7.22. The maximum Gasteiger partial charge on any atom is 0.260 e. The van der Waals surface area contributed by atoms with Gasteiger partial charge in [0.25, 0.3) is 5.91 Å². The van der Waals surface area contributed by atoms with Gasteiger partial charge in [-0.2, -0.15) is 0 Å². The number of hydrogen-bond acceptors (Lipinski definition) is 4. The van der Waals surface area contributed by atoms with Gasteiger partial charge in [0.2, 0.25) is 0 Å². The standard InChI is InChI=1S/C27H20N2O2S/c30-26(21-12-9-15-23(18-21)31-22-13-5-2-6-14-22)29(19-20-10-3-1-4-11-20)27-28-24-16-7-8-17-25(24)32-27/h1-18H,19H2. The van der Waals surface area contributed by atoms with Gasteiger partial charge in [-0.15, -0.1) is 0 Å². The Morgan fingerprint density at radius 1 is 0.781 bits per heavy atom. The van der Waals surface area contributed by atoms with Crippen molar-refractivity contribution in [1.29, 1.82) is 0 Å². The van der Waals surface area contributed by atoms with Crippen molar-refractivity contribution in [3.8, 4) is 11.5 Å². The third-order valence-corrected chi connectivity index (χ3v) is 6.06. The van der Waals surface area contributed by atoms with E-state index in [0.717, 1.165) is 21.5 Å². The van der Waals surface area contributed by atoms with E-state index in [-0.39, 0.29) is 5.91 Å². The lowest BCUT2D eigenvalue weighted by molar-refractivity contribution is 0.0985. The fourth-order valence-electron chi connectivity index (χ4n) is 3.44. The molecule has 0 N–H and O–H groups in total. The molecule has 4 nitrogen and oxygen atoms in total. The van der Waals surface area contributed by atoms with Gasteiger partial charge < -0.3 is 4.74 Å². The number of ether oxygens (including phenoxy) is 1. The van der Waals surface area contributed by atoms with Crippen LogP contribution in [0.5, 0.6) is 11.5 Å². The van der Waals surface area contributed by atoms with Crippen LogP contribution in [-0.4, -0.2) is 10.9 Å². The van der Waals surface area contributed by atoms with E-state index < -0.39 is 0 Å². The Kier molecular flexibility index (Phi) is 5.64. The summed E-state index contributed by atoms with van der Waals surface area (Å²) in [6.45, 7) is 0.434. The molecule has 0 fully saturated rings. The third kappa shape index (κ3) is 4.38. The maximum atomic E-state index is 13.7. The summed E-state index contributed by atoms with van der Waals surface area (Å²) in [5.41, 5.74) is 2.48. The number of carbonyl (C=O) groups excluding carboxylic acids is 1. The number of fused-ring (bicyclic) bond motifs is 1. The normalized spacial score (nSPS) is 10.8. The molecule has 5 rings (SSSR count). The van der Waals surface area contributed by atoms with Crippen LogP contribution in [0.25, 0.3) is 10.2 Å². The van der Waals surface area contributed by atoms with Gasteiger partial charge >= 0.3 is 0 Å². The first-order valence-electron chi connectivity index (χ1n) is 10.3. The summed E-state index contributed by atoms with van der Waals surface area (Å²) >= 11 is 1.52. The number of rotatable bonds is 6. The van der Waals surface area contributed by atoms with Crippen molar-refractivity contribution in [3.05, 3.63) is 120 Å². The van der Waals surface area contributed by atoms with Crippen molar-refractivity contribution in [1.82, 2.24) is 4.98 Å². The molecule has 0 saturated carbocycles. The smallest absolute Gasteiger partial charge is 0.260 e. The van der Waals surface area contributed by atoms with Crippen LogP contribution in [0, 0.1) is 0 Å². The molecule has 1 amide bonds. The van der Waals surface area contributed by atoms with E-state index in [1.165, 1.54) is 11.3 Å². The molecule has 0 aliphatic heterocycles. The molecular formula is C27H20N2O2S. The molecule has 1 heterocycles. The quantitative estimate of drug-likeness (QED) is 0.290. The van der Waals surface area contributed by atoms with Crippen LogP contribution in [0.3, 0.4) is 0 Å². The van der Waals surface area contributed by atoms with Gasteiger partial charge in [0.15, 0.2) is 5.13 Å². The van der Waals surface area contributed by atoms with Crippen molar-refractivity contribution in [3.63, 3.8) is 0 Å². The van der Waals surface area contributed by atoms with Crippen LogP contribution in [0.15, 0.2) is 109 Å². The van der Waals surface area contributed by atoms with E-state index >= 15 is 0 Å². The van der Waals surface area contributed by atoms with Crippen LogP contribution in [0.2, 0.25) is 0 Å². The molecule has 156 valence electrons. The molecule has 0 atom stereocenters. The van der Waals surface area contributed by atoms with Crippen LogP contribution < -0.4 is 9.64 Å². The molecule has 0 aliphatic rings. The number of thiazole rings is 1. The fraction of sp³-hybridized carbons (Fsp3) is 0.0370. The Morgan fingerprint density at radius 3 is 2.25 bits per heavy atom. The molecule has 0 aliphatic carbocycles. The highest BCUT2D eigenvalue weighted by Gasteiger charge is 2.22. The maximum absolute atomic E-state index is 13.7. The number of anilines is 1. The zero-order chi connectivity index (χ0) is 21.8. The molecule has 1 aromatic heterocycles. The highest BCUT2D eigenvalue weighted by atomic mass is 32.1. The fourth-order valence-corrected chi connectivity index (χ4v) is 4.40. The van der Waals surface area contributed by atoms with E-state index in [0.29, 0.717) is 23.0 Å². The van der Waals surface area contributed by atoms with Gasteiger partial charge in [0, 0.05) is 5.56 Å². The average Bonchev–Trinajstić information content (AvgIpc) is 3.28. The second-order valence-corrected chi connectivity index (χ2v) is 8.29. The molecule has 0 bridgehead atoms. The number of amides is 1. The summed E-state index contributed by atoms with van der Waals surface area (Å²) in [4.78, 5) is 20.1. The van der Waals surface area contributed by atoms with Crippen LogP contribution in [-0.2, 0) is 6.54 Å². The first-order valence-corrected chi connectivity index (χ1v) is 11.1. The monoisotopic (exact) mass is 436 g/mol. The van der Waals surface area contributed by atoms with Crippen molar-refractivity contribution >= 4 is 32.6 Å². The highest BCUT2D eigenvalue weighted by Crippen LogP contribution is 2.31. The number of benzene rings is 4. The molecule has 32 heavy (non-hydrogen) atoms. The zero-order valence-electron chi connectivity index (χ0n) is 17.2. The first-order chi connectivity index (χ1) is 15.8. The van der Waals surface area contributed by atoms with E-state index in [2.05, 4.69) is 0 Å². The van der Waals surface area contributed by atoms with E-state index in [4.69, 9.17) is 9.72 Å². The first kappa shape index (κ1) is 20.0. The molecular weight excluding hydrogens is 416 g/mol. The van der Waals surface area contributed by atoms with Crippen LogP contribution >= 0.6 is 11.3 Å². The van der Waals surface area contributed by atoms with E-state index in [1.807, 2.05) is 103 Å². The predicted molar refractivity (Wildman–Crippen MR) is 130 cm³/mol. The van der Waals surface area contributed by atoms with Crippen molar-refractivity contribution in [2.45, 2.75) is 6.54 Å². The second-order valence-electron chi connectivity index (χ2n) is 7.28. The number of aromatic nitrogens is 1. The summed E-state index contributed by atoms with van der Waals surface area (Å²) in [7, 11) is 0. The van der Waals surface area contributed by atoms with Crippen LogP contribution in [0.1, 0.15) is 15.9 Å². The molecule has 0 spiro atoms. The number of hydrogen-bond donors (Lipinski definition) is 0. The zero-order valence-corrected chi connectivity index (χ0v) is 18.0. The second kappa shape index (κ2) is 9.04. The minimum absolute atomic E-state index is 0.119. The van der Waals surface area contributed by atoms with Crippen LogP contribution in [0.4, 0.5) is 5.13 Å².